The third kappa shape index (κ3) is 4.47. The van der Waals surface area contributed by atoms with E-state index in [9.17, 15) is 4.79 Å². The Morgan fingerprint density at radius 3 is 2.72 bits per heavy atom. The molecule has 0 spiro atoms. The highest BCUT2D eigenvalue weighted by Gasteiger charge is 2.29. The Kier molecular flexibility index (Phi) is 5.38. The molecule has 4 rings (SSSR count). The first kappa shape index (κ1) is 20.0. The van der Waals surface area contributed by atoms with E-state index in [0.717, 1.165) is 54.6 Å². The van der Waals surface area contributed by atoms with Gasteiger partial charge in [0, 0.05) is 36.9 Å². The van der Waals surface area contributed by atoms with E-state index in [1.54, 1.807) is 4.90 Å². The van der Waals surface area contributed by atoms with Crippen LogP contribution in [0.3, 0.4) is 0 Å². The minimum atomic E-state index is -0.519. The minimum Gasteiger partial charge on any atom is -0.443 e. The van der Waals surface area contributed by atoms with Crippen LogP contribution < -0.4 is 0 Å². The average Bonchev–Trinajstić information content (AvgIpc) is 3.10. The standard InChI is InChI=1S/C23H31N3O3/c1-16-5-8-21(25(14-16)22(27)29-23(2,3)4)17-6-7-18-15-26(24-20(18)13-17)19-9-11-28-12-10-19/h6-8,13,15-16,19H,5,9-12,14H2,1-4H3/t16-/m0/s1. The van der Waals surface area contributed by atoms with E-state index in [0.29, 0.717) is 18.5 Å². The lowest BCUT2D eigenvalue weighted by Gasteiger charge is -2.33. The van der Waals surface area contributed by atoms with Crippen LogP contribution in [-0.2, 0) is 9.47 Å². The van der Waals surface area contributed by atoms with E-state index in [4.69, 9.17) is 14.6 Å². The summed E-state index contributed by atoms with van der Waals surface area (Å²) in [6.07, 6.45) is 6.92. The molecule has 2 aliphatic rings. The number of rotatable bonds is 2. The van der Waals surface area contributed by atoms with Gasteiger partial charge in [0.1, 0.15) is 5.60 Å². The number of carbonyl (C=O) groups is 1. The molecule has 6 nitrogen and oxygen atoms in total. The molecule has 156 valence electrons. The van der Waals surface area contributed by atoms with Gasteiger partial charge in [-0.25, -0.2) is 4.79 Å². The molecular weight excluding hydrogens is 366 g/mol. The van der Waals surface area contributed by atoms with Crippen LogP contribution in [0, 0.1) is 5.92 Å². The third-order valence-electron chi connectivity index (χ3n) is 5.50. The number of aromatic nitrogens is 2. The fourth-order valence-corrected chi connectivity index (χ4v) is 4.00. The maximum absolute atomic E-state index is 12.8. The van der Waals surface area contributed by atoms with Crippen molar-refractivity contribution in [3.8, 4) is 0 Å². The quantitative estimate of drug-likeness (QED) is 0.715. The molecule has 3 heterocycles. The Labute approximate surface area is 172 Å². The lowest BCUT2D eigenvalue weighted by molar-refractivity contribution is 0.0327. The van der Waals surface area contributed by atoms with Crippen molar-refractivity contribution >= 4 is 22.7 Å². The molecule has 29 heavy (non-hydrogen) atoms. The highest BCUT2D eigenvalue weighted by molar-refractivity contribution is 5.87. The normalized spacial score (nSPS) is 21.3. The molecule has 2 aliphatic heterocycles. The molecule has 1 aromatic heterocycles. The summed E-state index contributed by atoms with van der Waals surface area (Å²) < 4.78 is 13.2. The van der Waals surface area contributed by atoms with Gasteiger partial charge in [-0.3, -0.25) is 9.58 Å². The number of hydrogen-bond donors (Lipinski definition) is 0. The summed E-state index contributed by atoms with van der Waals surface area (Å²) in [5.74, 6) is 0.405. The van der Waals surface area contributed by atoms with Crippen LogP contribution in [0.25, 0.3) is 16.6 Å². The van der Waals surface area contributed by atoms with Crippen molar-refractivity contribution in [2.75, 3.05) is 19.8 Å². The number of ether oxygens (including phenoxy) is 2. The second-order valence-corrected chi connectivity index (χ2v) is 9.25. The van der Waals surface area contributed by atoms with Crippen LogP contribution in [0.15, 0.2) is 30.5 Å². The molecule has 1 saturated heterocycles. The number of nitrogens with zero attached hydrogens (tertiary/aromatic N) is 3. The predicted octanol–water partition coefficient (Wildman–Crippen LogP) is 5.01. The molecule has 6 heteroatoms. The monoisotopic (exact) mass is 397 g/mol. The van der Waals surface area contributed by atoms with Crippen molar-refractivity contribution in [1.82, 2.24) is 14.7 Å². The Balaban J connectivity index is 1.63. The molecule has 0 unspecified atom stereocenters. The smallest absolute Gasteiger partial charge is 0.414 e. The predicted molar refractivity (Wildman–Crippen MR) is 114 cm³/mol. The maximum Gasteiger partial charge on any atom is 0.414 e. The van der Waals surface area contributed by atoms with Gasteiger partial charge in [0.25, 0.3) is 0 Å². The molecule has 0 N–H and O–H groups in total. The minimum absolute atomic E-state index is 0.289. The van der Waals surface area contributed by atoms with Crippen LogP contribution in [0.4, 0.5) is 4.79 Å². The summed E-state index contributed by atoms with van der Waals surface area (Å²) in [6, 6.07) is 6.66. The molecular formula is C23H31N3O3. The SMILES string of the molecule is C[C@H]1CC=C(c2ccc3cn(C4CCOCC4)nc3c2)N(C(=O)OC(C)(C)C)C1. The van der Waals surface area contributed by atoms with Gasteiger partial charge in [0.05, 0.1) is 17.3 Å². The highest BCUT2D eigenvalue weighted by atomic mass is 16.6. The number of allylic oxidation sites excluding steroid dienone is 1. The van der Waals surface area contributed by atoms with Crippen molar-refractivity contribution in [1.29, 1.82) is 0 Å². The summed E-state index contributed by atoms with van der Waals surface area (Å²) >= 11 is 0. The van der Waals surface area contributed by atoms with E-state index in [1.807, 2.05) is 20.8 Å². The summed E-state index contributed by atoms with van der Waals surface area (Å²) in [4.78, 5) is 14.6. The highest BCUT2D eigenvalue weighted by Crippen LogP contribution is 2.31. The van der Waals surface area contributed by atoms with Gasteiger partial charge < -0.3 is 9.47 Å². The lowest BCUT2D eigenvalue weighted by atomic mass is 9.98. The Hall–Kier alpha value is -2.34. The summed E-state index contributed by atoms with van der Waals surface area (Å²) in [7, 11) is 0. The zero-order valence-corrected chi connectivity index (χ0v) is 17.9. The Morgan fingerprint density at radius 1 is 1.24 bits per heavy atom. The van der Waals surface area contributed by atoms with Gasteiger partial charge in [-0.05, 0) is 52.0 Å². The maximum atomic E-state index is 12.8. The summed E-state index contributed by atoms with van der Waals surface area (Å²) in [5, 5.41) is 5.95. The van der Waals surface area contributed by atoms with Gasteiger partial charge in [0.15, 0.2) is 0 Å². The number of fused-ring (bicyclic) bond motifs is 1. The molecule has 0 saturated carbocycles. The molecule has 1 aromatic carbocycles. The Bertz CT molecular complexity index is 919. The van der Waals surface area contributed by atoms with Crippen molar-refractivity contribution in [2.24, 2.45) is 5.92 Å². The topological polar surface area (TPSA) is 56.6 Å². The molecule has 0 radical (unpaired) electrons. The number of benzene rings is 1. The van der Waals surface area contributed by atoms with Gasteiger partial charge in [-0.1, -0.05) is 25.1 Å². The van der Waals surface area contributed by atoms with Gasteiger partial charge in [-0.2, -0.15) is 5.10 Å². The molecule has 2 aromatic rings. The first-order chi connectivity index (χ1) is 13.8. The molecule has 0 aliphatic carbocycles. The third-order valence-corrected chi connectivity index (χ3v) is 5.50. The van der Waals surface area contributed by atoms with E-state index < -0.39 is 5.60 Å². The van der Waals surface area contributed by atoms with Crippen molar-refractivity contribution in [3.05, 3.63) is 36.0 Å². The average molecular weight is 398 g/mol. The summed E-state index contributed by atoms with van der Waals surface area (Å²) in [5.41, 5.74) is 2.36. The largest absolute Gasteiger partial charge is 0.443 e. The Morgan fingerprint density at radius 2 is 2.00 bits per heavy atom. The molecule has 0 bridgehead atoms. The first-order valence-electron chi connectivity index (χ1n) is 10.6. The van der Waals surface area contributed by atoms with Crippen LogP contribution >= 0.6 is 0 Å². The van der Waals surface area contributed by atoms with E-state index in [-0.39, 0.29) is 6.09 Å². The van der Waals surface area contributed by atoms with Crippen LogP contribution in [-0.4, -0.2) is 46.1 Å². The van der Waals surface area contributed by atoms with Gasteiger partial charge in [0.2, 0.25) is 0 Å². The second kappa shape index (κ2) is 7.82. The summed E-state index contributed by atoms with van der Waals surface area (Å²) in [6.45, 7) is 10.1. The number of amides is 1. The van der Waals surface area contributed by atoms with Crippen molar-refractivity contribution in [2.45, 2.75) is 58.6 Å². The van der Waals surface area contributed by atoms with E-state index in [2.05, 4.69) is 42.1 Å². The first-order valence-corrected chi connectivity index (χ1v) is 10.6. The molecule has 1 fully saturated rings. The van der Waals surface area contributed by atoms with Crippen LogP contribution in [0.2, 0.25) is 0 Å². The van der Waals surface area contributed by atoms with Crippen molar-refractivity contribution in [3.63, 3.8) is 0 Å². The van der Waals surface area contributed by atoms with E-state index >= 15 is 0 Å². The number of hydrogen-bond acceptors (Lipinski definition) is 4. The van der Waals surface area contributed by atoms with Gasteiger partial charge >= 0.3 is 6.09 Å². The fourth-order valence-electron chi connectivity index (χ4n) is 4.00. The number of carbonyl (C=O) groups excluding carboxylic acids is 1. The van der Waals surface area contributed by atoms with E-state index in [1.165, 1.54) is 0 Å². The van der Waals surface area contributed by atoms with Crippen LogP contribution in [0.5, 0.6) is 0 Å². The zero-order chi connectivity index (χ0) is 20.6. The molecule has 1 atom stereocenters. The van der Waals surface area contributed by atoms with Crippen molar-refractivity contribution < 1.29 is 14.3 Å². The molecule has 1 amide bonds. The zero-order valence-electron chi connectivity index (χ0n) is 17.9. The lowest BCUT2D eigenvalue weighted by Crippen LogP contribution is -2.39. The van der Waals surface area contributed by atoms with Crippen LogP contribution in [0.1, 0.15) is 58.6 Å². The van der Waals surface area contributed by atoms with Gasteiger partial charge in [-0.15, -0.1) is 0 Å². The fraction of sp³-hybridized carbons (Fsp3) is 0.565. The second-order valence-electron chi connectivity index (χ2n) is 9.25.